The Balaban J connectivity index is 1.98. The maximum absolute atomic E-state index is 10.3. The molecule has 0 radical (unpaired) electrons. The number of rotatable bonds is 7. The molecule has 6 heteroatoms. The van der Waals surface area contributed by atoms with Crippen molar-refractivity contribution in [2.24, 2.45) is 0 Å². The predicted octanol–water partition coefficient (Wildman–Crippen LogP) is 1.63. The second-order valence-electron chi connectivity index (χ2n) is 4.99. The van der Waals surface area contributed by atoms with Crippen LogP contribution in [0.15, 0.2) is 24.3 Å². The van der Waals surface area contributed by atoms with Crippen LogP contribution in [0.1, 0.15) is 37.2 Å². The fourth-order valence-corrected chi connectivity index (χ4v) is 2.16. The zero-order valence-corrected chi connectivity index (χ0v) is 12.5. The molecule has 0 unspecified atom stereocenters. The van der Waals surface area contributed by atoms with Gasteiger partial charge in [-0.25, -0.2) is 4.98 Å². The molecule has 0 spiro atoms. The minimum absolute atomic E-state index is 0.164. The third-order valence-corrected chi connectivity index (χ3v) is 3.40. The SMILES string of the molecule is CCc1n[nH]c(CN(CC)C[C@H](O)c2cccc(O)c2)n1. The molecule has 0 saturated carbocycles. The molecular formula is C15H22N4O2. The lowest BCUT2D eigenvalue weighted by Crippen LogP contribution is -2.28. The summed E-state index contributed by atoms with van der Waals surface area (Å²) >= 11 is 0. The first-order chi connectivity index (χ1) is 10.1. The van der Waals surface area contributed by atoms with E-state index in [4.69, 9.17) is 0 Å². The molecule has 0 aliphatic rings. The number of aromatic amines is 1. The number of aliphatic hydroxyl groups is 1. The fourth-order valence-electron chi connectivity index (χ4n) is 2.16. The minimum atomic E-state index is -0.648. The Morgan fingerprint density at radius 2 is 2.14 bits per heavy atom. The van der Waals surface area contributed by atoms with Crippen LogP contribution in [0.3, 0.4) is 0 Å². The van der Waals surface area contributed by atoms with Crippen LogP contribution in [-0.4, -0.2) is 43.4 Å². The second kappa shape index (κ2) is 7.19. The largest absolute Gasteiger partial charge is 0.508 e. The van der Waals surface area contributed by atoms with Crippen LogP contribution < -0.4 is 0 Å². The first-order valence-corrected chi connectivity index (χ1v) is 7.21. The van der Waals surface area contributed by atoms with Gasteiger partial charge in [-0.3, -0.25) is 10.00 Å². The summed E-state index contributed by atoms with van der Waals surface area (Å²) < 4.78 is 0. The van der Waals surface area contributed by atoms with Gasteiger partial charge in [-0.2, -0.15) is 5.10 Å². The highest BCUT2D eigenvalue weighted by atomic mass is 16.3. The molecule has 1 heterocycles. The highest BCUT2D eigenvalue weighted by molar-refractivity contribution is 5.28. The third-order valence-electron chi connectivity index (χ3n) is 3.40. The smallest absolute Gasteiger partial charge is 0.150 e. The average molecular weight is 290 g/mol. The molecule has 0 aliphatic heterocycles. The van der Waals surface area contributed by atoms with E-state index < -0.39 is 6.10 Å². The molecule has 6 nitrogen and oxygen atoms in total. The number of aryl methyl sites for hydroxylation is 1. The van der Waals surface area contributed by atoms with Crippen molar-refractivity contribution in [1.29, 1.82) is 0 Å². The van der Waals surface area contributed by atoms with Gasteiger partial charge in [-0.1, -0.05) is 26.0 Å². The van der Waals surface area contributed by atoms with Gasteiger partial charge >= 0.3 is 0 Å². The lowest BCUT2D eigenvalue weighted by Gasteiger charge is -2.22. The van der Waals surface area contributed by atoms with Gasteiger partial charge in [0.05, 0.1) is 12.6 Å². The maximum Gasteiger partial charge on any atom is 0.150 e. The Bertz CT molecular complexity index is 570. The summed E-state index contributed by atoms with van der Waals surface area (Å²) in [5.41, 5.74) is 0.709. The second-order valence-corrected chi connectivity index (χ2v) is 4.99. The van der Waals surface area contributed by atoms with E-state index >= 15 is 0 Å². The number of phenolic OH excluding ortho intramolecular Hbond substituents is 1. The van der Waals surface area contributed by atoms with E-state index in [-0.39, 0.29) is 5.75 Å². The van der Waals surface area contributed by atoms with Crippen molar-refractivity contribution >= 4 is 0 Å². The number of nitrogens with one attached hydrogen (secondary N) is 1. The van der Waals surface area contributed by atoms with Crippen LogP contribution in [0.4, 0.5) is 0 Å². The average Bonchev–Trinajstić information content (AvgIpc) is 2.94. The quantitative estimate of drug-likeness (QED) is 0.721. The van der Waals surface area contributed by atoms with E-state index in [0.29, 0.717) is 18.7 Å². The van der Waals surface area contributed by atoms with Gasteiger partial charge in [0.25, 0.3) is 0 Å². The van der Waals surface area contributed by atoms with E-state index in [2.05, 4.69) is 20.1 Å². The van der Waals surface area contributed by atoms with Gasteiger partial charge in [0, 0.05) is 13.0 Å². The van der Waals surface area contributed by atoms with Gasteiger partial charge in [0.1, 0.15) is 17.4 Å². The molecule has 0 aliphatic carbocycles. The van der Waals surface area contributed by atoms with Gasteiger partial charge in [-0.05, 0) is 24.2 Å². The molecule has 1 atom stereocenters. The molecule has 2 rings (SSSR count). The zero-order chi connectivity index (χ0) is 15.2. The molecule has 0 amide bonds. The maximum atomic E-state index is 10.3. The summed E-state index contributed by atoms with van der Waals surface area (Å²) in [4.78, 5) is 6.46. The molecule has 114 valence electrons. The van der Waals surface area contributed by atoms with Crippen molar-refractivity contribution in [2.45, 2.75) is 32.9 Å². The van der Waals surface area contributed by atoms with E-state index in [1.807, 2.05) is 19.9 Å². The molecular weight excluding hydrogens is 268 g/mol. The first-order valence-electron chi connectivity index (χ1n) is 7.21. The van der Waals surface area contributed by atoms with Gasteiger partial charge < -0.3 is 10.2 Å². The summed E-state index contributed by atoms with van der Waals surface area (Å²) in [5.74, 6) is 1.77. The highest BCUT2D eigenvalue weighted by Gasteiger charge is 2.14. The summed E-state index contributed by atoms with van der Waals surface area (Å²) in [6, 6.07) is 6.72. The Morgan fingerprint density at radius 3 is 2.76 bits per heavy atom. The van der Waals surface area contributed by atoms with Gasteiger partial charge in [0.15, 0.2) is 0 Å². The third kappa shape index (κ3) is 4.27. The number of phenols is 1. The molecule has 0 saturated heterocycles. The highest BCUT2D eigenvalue weighted by Crippen LogP contribution is 2.19. The van der Waals surface area contributed by atoms with Crippen molar-refractivity contribution in [3.8, 4) is 5.75 Å². The number of aliphatic hydroxyl groups excluding tert-OH is 1. The molecule has 3 N–H and O–H groups in total. The molecule has 0 fully saturated rings. The van der Waals surface area contributed by atoms with E-state index in [1.54, 1.807) is 18.2 Å². The Morgan fingerprint density at radius 1 is 1.33 bits per heavy atom. The number of aromatic hydroxyl groups is 1. The number of benzene rings is 1. The van der Waals surface area contributed by atoms with E-state index in [0.717, 1.165) is 24.6 Å². The number of hydrogen-bond donors (Lipinski definition) is 3. The van der Waals surface area contributed by atoms with E-state index in [9.17, 15) is 10.2 Å². The Hall–Kier alpha value is -1.92. The molecule has 21 heavy (non-hydrogen) atoms. The first kappa shape index (κ1) is 15.5. The van der Waals surface area contributed by atoms with Crippen LogP contribution in [0.2, 0.25) is 0 Å². The predicted molar refractivity (Wildman–Crippen MR) is 79.8 cm³/mol. The standard InChI is InChI=1S/C15H22N4O2/c1-3-14-16-15(18-17-14)10-19(4-2)9-13(21)11-6-5-7-12(20)8-11/h5-8,13,20-21H,3-4,9-10H2,1-2H3,(H,16,17,18)/t13-/m0/s1. The summed E-state index contributed by atoms with van der Waals surface area (Å²) in [7, 11) is 0. The molecule has 1 aromatic heterocycles. The van der Waals surface area contributed by atoms with Crippen LogP contribution >= 0.6 is 0 Å². The lowest BCUT2D eigenvalue weighted by atomic mass is 10.1. The summed E-state index contributed by atoms with van der Waals surface area (Å²) in [6.45, 7) is 5.92. The van der Waals surface area contributed by atoms with Crippen LogP contribution in [0, 0.1) is 0 Å². The topological polar surface area (TPSA) is 85.3 Å². The number of H-pyrrole nitrogens is 1. The molecule has 2 aromatic rings. The zero-order valence-electron chi connectivity index (χ0n) is 12.5. The summed E-state index contributed by atoms with van der Waals surface area (Å²) in [5, 5.41) is 26.8. The van der Waals surface area contributed by atoms with Gasteiger partial charge in [0.2, 0.25) is 0 Å². The van der Waals surface area contributed by atoms with Crippen LogP contribution in [0.25, 0.3) is 0 Å². The van der Waals surface area contributed by atoms with E-state index in [1.165, 1.54) is 0 Å². The lowest BCUT2D eigenvalue weighted by molar-refractivity contribution is 0.110. The van der Waals surface area contributed by atoms with Crippen molar-refractivity contribution in [3.63, 3.8) is 0 Å². The summed E-state index contributed by atoms with van der Waals surface area (Å²) in [6.07, 6.45) is 0.153. The number of hydrogen-bond acceptors (Lipinski definition) is 5. The molecule has 0 bridgehead atoms. The fraction of sp³-hybridized carbons (Fsp3) is 0.467. The normalized spacial score (nSPS) is 12.8. The van der Waals surface area contributed by atoms with Gasteiger partial charge in [-0.15, -0.1) is 0 Å². The monoisotopic (exact) mass is 290 g/mol. The number of nitrogens with zero attached hydrogens (tertiary/aromatic N) is 3. The van der Waals surface area contributed by atoms with Crippen LogP contribution in [0.5, 0.6) is 5.75 Å². The number of aromatic nitrogens is 3. The van der Waals surface area contributed by atoms with Crippen molar-refractivity contribution in [2.75, 3.05) is 13.1 Å². The van der Waals surface area contributed by atoms with Crippen molar-refractivity contribution < 1.29 is 10.2 Å². The van der Waals surface area contributed by atoms with Crippen molar-refractivity contribution in [3.05, 3.63) is 41.5 Å². The Kier molecular flexibility index (Phi) is 5.30. The Labute approximate surface area is 124 Å². The minimum Gasteiger partial charge on any atom is -0.508 e. The molecule has 1 aromatic carbocycles. The van der Waals surface area contributed by atoms with Crippen LogP contribution in [-0.2, 0) is 13.0 Å². The number of likely N-dealkylation sites (N-methyl/N-ethyl adjacent to an activating group) is 1. The van der Waals surface area contributed by atoms with Crippen molar-refractivity contribution in [1.82, 2.24) is 20.1 Å².